The number of carbonyl (C=O) groups is 1. The number of pyridine rings is 1. The van der Waals surface area contributed by atoms with Crippen molar-refractivity contribution < 1.29 is 9.53 Å². The number of carbonyl (C=O) groups excluding carboxylic acids is 1. The van der Waals surface area contributed by atoms with E-state index in [4.69, 9.17) is 4.74 Å². The largest absolute Gasteiger partial charge is 0.494 e. The highest BCUT2D eigenvalue weighted by molar-refractivity contribution is 7.15. The van der Waals surface area contributed by atoms with Crippen LogP contribution in [0.4, 0.5) is 0 Å². The molecular formula is C13H11N3O2S. The lowest BCUT2D eigenvalue weighted by Crippen LogP contribution is -2.06. The van der Waals surface area contributed by atoms with Gasteiger partial charge in [-0.2, -0.15) is 0 Å². The summed E-state index contributed by atoms with van der Waals surface area (Å²) in [6.45, 7) is 0. The number of rotatable bonds is 4. The van der Waals surface area contributed by atoms with E-state index in [0.717, 1.165) is 10.7 Å². The zero-order valence-corrected chi connectivity index (χ0v) is 11.1. The molecule has 0 saturated carbocycles. The Labute approximate surface area is 113 Å². The number of thiazole rings is 1. The van der Waals surface area contributed by atoms with Crippen molar-refractivity contribution in [2.24, 2.45) is 0 Å². The number of hydrogen-bond acceptors (Lipinski definition) is 5. The van der Waals surface area contributed by atoms with E-state index in [1.54, 1.807) is 29.8 Å². The summed E-state index contributed by atoms with van der Waals surface area (Å²) in [5.74, 6) is 0.471. The maximum absolute atomic E-state index is 12.2. The van der Waals surface area contributed by atoms with Crippen molar-refractivity contribution in [3.63, 3.8) is 0 Å². The first-order valence-electron chi connectivity index (χ1n) is 5.70. The number of hydrogen-bond donors (Lipinski definition) is 0. The monoisotopic (exact) mass is 273 g/mol. The van der Waals surface area contributed by atoms with Gasteiger partial charge in [0.15, 0.2) is 10.7 Å². The third kappa shape index (κ3) is 2.22. The van der Waals surface area contributed by atoms with Crippen molar-refractivity contribution >= 4 is 22.1 Å². The standard InChI is InChI=1S/C13H11N3O2S/c1-18-12-7-14-3-2-10(12)11(17)6-9-8-16-4-5-19-13(16)15-9/h2-5,7-8H,6H2,1H3. The Balaban J connectivity index is 1.86. The SMILES string of the molecule is COc1cnccc1C(=O)Cc1cn2ccsc2n1. The number of methoxy groups -OCH3 is 1. The highest BCUT2D eigenvalue weighted by Crippen LogP contribution is 2.19. The van der Waals surface area contributed by atoms with Crippen LogP contribution >= 0.6 is 11.3 Å². The van der Waals surface area contributed by atoms with Crippen LogP contribution in [-0.4, -0.2) is 27.3 Å². The smallest absolute Gasteiger partial charge is 0.193 e. The second-order valence-electron chi connectivity index (χ2n) is 4.00. The zero-order chi connectivity index (χ0) is 13.2. The van der Waals surface area contributed by atoms with Crippen LogP contribution < -0.4 is 4.74 Å². The average molecular weight is 273 g/mol. The summed E-state index contributed by atoms with van der Waals surface area (Å²) < 4.78 is 7.05. The van der Waals surface area contributed by atoms with Crippen LogP contribution in [0.2, 0.25) is 0 Å². The Morgan fingerprint density at radius 2 is 2.42 bits per heavy atom. The molecule has 0 aliphatic rings. The summed E-state index contributed by atoms with van der Waals surface area (Å²) in [6, 6.07) is 1.67. The molecule has 0 saturated heterocycles. The van der Waals surface area contributed by atoms with E-state index in [0.29, 0.717) is 11.3 Å². The van der Waals surface area contributed by atoms with E-state index in [9.17, 15) is 4.79 Å². The summed E-state index contributed by atoms with van der Waals surface area (Å²) in [7, 11) is 1.53. The van der Waals surface area contributed by atoms with Crippen LogP contribution in [0.3, 0.4) is 0 Å². The van der Waals surface area contributed by atoms with Gasteiger partial charge in [-0.15, -0.1) is 11.3 Å². The maximum atomic E-state index is 12.2. The van der Waals surface area contributed by atoms with Crippen LogP contribution in [0.1, 0.15) is 16.1 Å². The molecule has 0 unspecified atom stereocenters. The number of imidazole rings is 1. The number of ketones is 1. The molecule has 0 aliphatic heterocycles. The molecule has 0 N–H and O–H groups in total. The predicted octanol–water partition coefficient (Wildman–Crippen LogP) is 2.22. The lowest BCUT2D eigenvalue weighted by Gasteiger charge is -2.05. The highest BCUT2D eigenvalue weighted by atomic mass is 32.1. The Kier molecular flexibility index (Phi) is 3.00. The third-order valence-electron chi connectivity index (χ3n) is 2.79. The predicted molar refractivity (Wildman–Crippen MR) is 71.9 cm³/mol. The maximum Gasteiger partial charge on any atom is 0.193 e. The minimum atomic E-state index is -0.0231. The van der Waals surface area contributed by atoms with Crippen LogP contribution in [0.5, 0.6) is 5.75 Å². The van der Waals surface area contributed by atoms with Gasteiger partial charge >= 0.3 is 0 Å². The van der Waals surface area contributed by atoms with Crippen LogP contribution in [-0.2, 0) is 6.42 Å². The summed E-state index contributed by atoms with van der Waals surface area (Å²) >= 11 is 1.54. The normalized spacial score (nSPS) is 10.8. The number of fused-ring (bicyclic) bond motifs is 1. The van der Waals surface area contributed by atoms with Crippen LogP contribution in [0, 0.1) is 0 Å². The highest BCUT2D eigenvalue weighted by Gasteiger charge is 2.14. The van der Waals surface area contributed by atoms with Gasteiger partial charge in [0.05, 0.1) is 31.0 Å². The molecule has 0 spiro atoms. The molecule has 96 valence electrons. The fourth-order valence-electron chi connectivity index (χ4n) is 1.89. The van der Waals surface area contributed by atoms with Crippen LogP contribution in [0.15, 0.2) is 36.2 Å². The lowest BCUT2D eigenvalue weighted by molar-refractivity contribution is 0.0989. The van der Waals surface area contributed by atoms with Crippen molar-refractivity contribution in [1.82, 2.24) is 14.4 Å². The quantitative estimate of drug-likeness (QED) is 0.684. The molecule has 0 aromatic carbocycles. The molecule has 3 heterocycles. The van der Waals surface area contributed by atoms with Gasteiger partial charge in [0.25, 0.3) is 0 Å². The van der Waals surface area contributed by atoms with Crippen molar-refractivity contribution in [2.75, 3.05) is 7.11 Å². The number of ether oxygens (including phenoxy) is 1. The Morgan fingerprint density at radius 1 is 1.53 bits per heavy atom. The molecule has 0 fully saturated rings. The van der Waals surface area contributed by atoms with Gasteiger partial charge in [0, 0.05) is 24.0 Å². The van der Waals surface area contributed by atoms with Gasteiger partial charge in [-0.1, -0.05) is 0 Å². The summed E-state index contributed by atoms with van der Waals surface area (Å²) in [6.07, 6.45) is 7.18. The van der Waals surface area contributed by atoms with Gasteiger partial charge < -0.3 is 4.74 Å². The topological polar surface area (TPSA) is 56.5 Å². The fraction of sp³-hybridized carbons (Fsp3) is 0.154. The van der Waals surface area contributed by atoms with E-state index in [-0.39, 0.29) is 12.2 Å². The Hall–Kier alpha value is -2.21. The summed E-state index contributed by atoms with van der Waals surface area (Å²) in [5.41, 5.74) is 1.30. The van der Waals surface area contributed by atoms with Crippen molar-refractivity contribution in [2.45, 2.75) is 6.42 Å². The average Bonchev–Trinajstić information content (AvgIpc) is 2.99. The van der Waals surface area contributed by atoms with Crippen molar-refractivity contribution in [3.05, 3.63) is 47.5 Å². The second kappa shape index (κ2) is 4.81. The van der Waals surface area contributed by atoms with Crippen molar-refractivity contribution in [3.8, 4) is 5.75 Å². The number of nitrogens with zero attached hydrogens (tertiary/aromatic N) is 3. The molecule has 19 heavy (non-hydrogen) atoms. The minimum absolute atomic E-state index is 0.0231. The van der Waals surface area contributed by atoms with Gasteiger partial charge in [0.2, 0.25) is 0 Å². The van der Waals surface area contributed by atoms with Crippen LogP contribution in [0.25, 0.3) is 4.96 Å². The van der Waals surface area contributed by atoms with Gasteiger partial charge in [0.1, 0.15) is 5.75 Å². The molecule has 0 radical (unpaired) electrons. The molecule has 5 nitrogen and oxygen atoms in total. The summed E-state index contributed by atoms with van der Waals surface area (Å²) in [5, 5.41) is 1.96. The lowest BCUT2D eigenvalue weighted by atomic mass is 10.1. The first kappa shape index (κ1) is 11.9. The van der Waals surface area contributed by atoms with E-state index in [1.807, 2.05) is 22.2 Å². The molecule has 3 rings (SSSR count). The van der Waals surface area contributed by atoms with Crippen molar-refractivity contribution in [1.29, 1.82) is 0 Å². The Bertz CT molecular complexity index is 704. The second-order valence-corrected chi connectivity index (χ2v) is 4.87. The van der Waals surface area contributed by atoms with Gasteiger partial charge in [-0.25, -0.2) is 4.98 Å². The zero-order valence-electron chi connectivity index (χ0n) is 10.2. The third-order valence-corrected chi connectivity index (χ3v) is 3.56. The molecule has 3 aromatic rings. The molecular weight excluding hydrogens is 262 g/mol. The number of Topliss-reactive ketones (excluding diaryl/α,β-unsaturated/α-hetero) is 1. The van der Waals surface area contributed by atoms with E-state index in [1.165, 1.54) is 7.11 Å². The van der Waals surface area contributed by atoms with E-state index < -0.39 is 0 Å². The molecule has 0 bridgehead atoms. The number of aromatic nitrogens is 3. The van der Waals surface area contributed by atoms with Gasteiger partial charge in [-0.3, -0.25) is 14.2 Å². The molecule has 0 aliphatic carbocycles. The first-order chi connectivity index (χ1) is 9.28. The molecule has 0 amide bonds. The van der Waals surface area contributed by atoms with E-state index >= 15 is 0 Å². The Morgan fingerprint density at radius 3 is 3.21 bits per heavy atom. The first-order valence-corrected chi connectivity index (χ1v) is 6.58. The fourth-order valence-corrected chi connectivity index (χ4v) is 2.61. The molecule has 6 heteroatoms. The van der Waals surface area contributed by atoms with E-state index in [2.05, 4.69) is 9.97 Å². The minimum Gasteiger partial charge on any atom is -0.494 e. The molecule has 3 aromatic heterocycles. The molecule has 0 atom stereocenters. The van der Waals surface area contributed by atoms with Gasteiger partial charge in [-0.05, 0) is 6.07 Å². The summed E-state index contributed by atoms with van der Waals surface area (Å²) in [4.78, 5) is 21.5.